The lowest BCUT2D eigenvalue weighted by Crippen LogP contribution is -1.93. The Hall–Kier alpha value is -1.84. The fourth-order valence-corrected chi connectivity index (χ4v) is 1.68. The predicted octanol–water partition coefficient (Wildman–Crippen LogP) is 3.02. The van der Waals surface area contributed by atoms with Gasteiger partial charge in [0.05, 0.1) is 0 Å². The maximum Gasteiger partial charge on any atom is 0.225 e. The fourth-order valence-electron chi connectivity index (χ4n) is 1.68. The third-order valence-corrected chi connectivity index (χ3v) is 2.45. The lowest BCUT2D eigenvalue weighted by atomic mass is 10.0. The molecule has 0 aliphatic heterocycles. The first-order valence-corrected chi connectivity index (χ1v) is 5.23. The van der Waals surface area contributed by atoms with Gasteiger partial charge in [-0.05, 0) is 18.6 Å². The molecule has 2 aromatic rings. The number of hydrogen-bond acceptors (Lipinski definition) is 3. The maximum absolute atomic E-state index is 13.6. The molecule has 0 spiro atoms. The summed E-state index contributed by atoms with van der Waals surface area (Å²) in [7, 11) is 0. The van der Waals surface area contributed by atoms with Crippen molar-refractivity contribution < 1.29 is 8.91 Å². The van der Waals surface area contributed by atoms with Gasteiger partial charge in [0.15, 0.2) is 0 Å². The van der Waals surface area contributed by atoms with Gasteiger partial charge in [-0.3, -0.25) is 0 Å². The summed E-state index contributed by atoms with van der Waals surface area (Å²) in [5.41, 5.74) is 7.40. The first-order chi connectivity index (χ1) is 7.74. The van der Waals surface area contributed by atoms with Crippen LogP contribution in [-0.4, -0.2) is 5.16 Å². The average molecular weight is 220 g/mol. The molecule has 0 atom stereocenters. The monoisotopic (exact) mass is 220 g/mol. The van der Waals surface area contributed by atoms with Crippen LogP contribution in [0.3, 0.4) is 0 Å². The van der Waals surface area contributed by atoms with Gasteiger partial charge in [0.1, 0.15) is 11.5 Å². The van der Waals surface area contributed by atoms with E-state index in [0.717, 1.165) is 18.4 Å². The van der Waals surface area contributed by atoms with Crippen LogP contribution in [0.5, 0.6) is 0 Å². The number of benzene rings is 1. The van der Waals surface area contributed by atoms with Crippen LogP contribution in [0.4, 0.5) is 10.3 Å². The Morgan fingerprint density at radius 2 is 2.12 bits per heavy atom. The number of hydrogen-bond donors (Lipinski definition) is 1. The highest BCUT2D eigenvalue weighted by molar-refractivity contribution is 5.67. The molecule has 0 unspecified atom stereocenters. The first-order valence-electron chi connectivity index (χ1n) is 5.23. The summed E-state index contributed by atoms with van der Waals surface area (Å²) in [5.74, 6) is -0.0340. The van der Waals surface area contributed by atoms with Gasteiger partial charge in [0.2, 0.25) is 5.88 Å². The molecule has 84 valence electrons. The van der Waals surface area contributed by atoms with E-state index in [0.29, 0.717) is 11.3 Å². The summed E-state index contributed by atoms with van der Waals surface area (Å²) in [6.45, 7) is 2.03. The number of halogens is 1. The first kappa shape index (κ1) is 10.7. The van der Waals surface area contributed by atoms with Gasteiger partial charge in [0, 0.05) is 11.1 Å². The minimum absolute atomic E-state index is 0.278. The lowest BCUT2D eigenvalue weighted by Gasteiger charge is -2.01. The van der Waals surface area contributed by atoms with E-state index in [9.17, 15) is 4.39 Å². The molecule has 0 radical (unpaired) electrons. The van der Waals surface area contributed by atoms with Crippen LogP contribution in [0.1, 0.15) is 18.9 Å². The third kappa shape index (κ3) is 1.78. The van der Waals surface area contributed by atoms with E-state index in [1.807, 2.05) is 6.92 Å². The molecule has 0 fully saturated rings. The van der Waals surface area contributed by atoms with Crippen molar-refractivity contribution in [2.45, 2.75) is 19.8 Å². The summed E-state index contributed by atoms with van der Waals surface area (Å²) in [5, 5.41) is 3.83. The molecule has 16 heavy (non-hydrogen) atoms. The Balaban J connectivity index is 2.52. The van der Waals surface area contributed by atoms with Crippen molar-refractivity contribution in [3.05, 3.63) is 35.6 Å². The van der Waals surface area contributed by atoms with E-state index in [4.69, 9.17) is 10.3 Å². The molecule has 1 heterocycles. The molecular formula is C12H13FN2O. The number of aromatic nitrogens is 1. The van der Waals surface area contributed by atoms with E-state index in [-0.39, 0.29) is 11.7 Å². The summed E-state index contributed by atoms with van der Waals surface area (Å²) >= 11 is 0. The van der Waals surface area contributed by atoms with Crippen LogP contribution in [0.25, 0.3) is 11.3 Å². The van der Waals surface area contributed by atoms with Gasteiger partial charge in [-0.15, -0.1) is 0 Å². The normalized spacial score (nSPS) is 10.6. The second kappa shape index (κ2) is 4.35. The quantitative estimate of drug-likeness (QED) is 0.865. The van der Waals surface area contributed by atoms with Crippen LogP contribution in [0.2, 0.25) is 0 Å². The van der Waals surface area contributed by atoms with Crippen molar-refractivity contribution in [1.82, 2.24) is 5.16 Å². The summed E-state index contributed by atoms with van der Waals surface area (Å²) in [6.07, 6.45) is 1.64. The Morgan fingerprint density at radius 3 is 2.81 bits per heavy atom. The van der Waals surface area contributed by atoms with Crippen molar-refractivity contribution in [3.8, 4) is 11.3 Å². The zero-order valence-corrected chi connectivity index (χ0v) is 9.03. The van der Waals surface area contributed by atoms with Crippen LogP contribution in [0.15, 0.2) is 28.8 Å². The molecule has 0 saturated heterocycles. The molecule has 1 aromatic heterocycles. The van der Waals surface area contributed by atoms with Crippen LogP contribution in [0, 0.1) is 5.82 Å². The van der Waals surface area contributed by atoms with Gasteiger partial charge in [0.25, 0.3) is 0 Å². The summed E-state index contributed by atoms with van der Waals surface area (Å²) < 4.78 is 18.5. The third-order valence-electron chi connectivity index (χ3n) is 2.45. The second-order valence-corrected chi connectivity index (χ2v) is 3.60. The van der Waals surface area contributed by atoms with Crippen molar-refractivity contribution in [2.24, 2.45) is 0 Å². The van der Waals surface area contributed by atoms with Crippen LogP contribution < -0.4 is 5.73 Å². The molecule has 2 N–H and O–H groups in total. The standard InChI is InChI=1S/C12H13FN2O/c1-2-5-9-11(15-16-12(9)14)8-6-3-4-7-10(8)13/h3-4,6-7H,2,5,14H2,1H3. The molecular weight excluding hydrogens is 207 g/mol. The SMILES string of the molecule is CCCc1c(-c2ccccc2F)noc1N. The number of nitrogen functional groups attached to an aromatic ring is 1. The number of rotatable bonds is 3. The summed E-state index contributed by atoms with van der Waals surface area (Å²) in [4.78, 5) is 0. The Labute approximate surface area is 93.1 Å². The Morgan fingerprint density at radius 1 is 1.38 bits per heavy atom. The molecule has 1 aromatic carbocycles. The predicted molar refractivity (Wildman–Crippen MR) is 60.3 cm³/mol. The van der Waals surface area contributed by atoms with E-state index >= 15 is 0 Å². The van der Waals surface area contributed by atoms with E-state index in [1.54, 1.807) is 18.2 Å². The van der Waals surface area contributed by atoms with Crippen molar-refractivity contribution in [1.29, 1.82) is 0 Å². The highest BCUT2D eigenvalue weighted by atomic mass is 19.1. The minimum Gasteiger partial charge on any atom is -0.367 e. The van der Waals surface area contributed by atoms with Crippen molar-refractivity contribution in [2.75, 3.05) is 5.73 Å². The molecule has 3 nitrogen and oxygen atoms in total. The zero-order chi connectivity index (χ0) is 11.5. The number of anilines is 1. The van der Waals surface area contributed by atoms with Gasteiger partial charge in [-0.25, -0.2) is 4.39 Å². The van der Waals surface area contributed by atoms with Crippen molar-refractivity contribution in [3.63, 3.8) is 0 Å². The topological polar surface area (TPSA) is 52.0 Å². The van der Waals surface area contributed by atoms with Gasteiger partial charge in [-0.2, -0.15) is 0 Å². The van der Waals surface area contributed by atoms with E-state index < -0.39 is 0 Å². The second-order valence-electron chi connectivity index (χ2n) is 3.60. The average Bonchev–Trinajstić information content (AvgIpc) is 2.62. The maximum atomic E-state index is 13.6. The summed E-state index contributed by atoms with van der Waals surface area (Å²) in [6, 6.07) is 6.47. The number of nitrogens with zero attached hydrogens (tertiary/aromatic N) is 1. The number of nitrogens with two attached hydrogens (primary N) is 1. The highest BCUT2D eigenvalue weighted by Crippen LogP contribution is 2.29. The fraction of sp³-hybridized carbons (Fsp3) is 0.250. The van der Waals surface area contributed by atoms with E-state index in [2.05, 4.69) is 5.16 Å². The Bertz CT molecular complexity index is 494. The van der Waals surface area contributed by atoms with Gasteiger partial charge >= 0.3 is 0 Å². The zero-order valence-electron chi connectivity index (χ0n) is 9.03. The largest absolute Gasteiger partial charge is 0.367 e. The Kier molecular flexibility index (Phi) is 2.90. The highest BCUT2D eigenvalue weighted by Gasteiger charge is 2.16. The molecule has 4 heteroatoms. The lowest BCUT2D eigenvalue weighted by molar-refractivity contribution is 0.438. The van der Waals surface area contributed by atoms with Crippen LogP contribution >= 0.6 is 0 Å². The molecule has 0 saturated carbocycles. The molecule has 0 amide bonds. The van der Waals surface area contributed by atoms with E-state index in [1.165, 1.54) is 6.07 Å². The molecule has 0 aliphatic carbocycles. The smallest absolute Gasteiger partial charge is 0.225 e. The molecule has 0 aliphatic rings. The van der Waals surface area contributed by atoms with Crippen molar-refractivity contribution >= 4 is 5.88 Å². The molecule has 0 bridgehead atoms. The van der Waals surface area contributed by atoms with Gasteiger partial charge < -0.3 is 10.3 Å². The minimum atomic E-state index is -0.312. The van der Waals surface area contributed by atoms with Gasteiger partial charge in [-0.1, -0.05) is 30.6 Å². The van der Waals surface area contributed by atoms with Crippen LogP contribution in [-0.2, 0) is 6.42 Å². The molecule has 2 rings (SSSR count).